The maximum absolute atomic E-state index is 12.3. The fraction of sp³-hybridized carbons (Fsp3) is 0.882. The fourth-order valence-electron chi connectivity index (χ4n) is 4.62. The Balaban J connectivity index is 3.84. The molecular formula is C34H67NO8P+. The van der Waals surface area contributed by atoms with Gasteiger partial charge < -0.3 is 18.9 Å². The minimum absolute atomic E-state index is 0.0305. The molecule has 0 rings (SSSR count). The Morgan fingerprint density at radius 2 is 1.20 bits per heavy atom. The zero-order chi connectivity index (χ0) is 32.9. The standard InChI is InChI=1S/C34H66NO8P/c1-6-7-8-9-10-11-12-13-14-15-16-17-18-19-20-21-22-23-24-25-26-27-34(37)43-33(30-40-32(2)36)31-42-44(38,39)41-29-28-35(3,4)5/h15-16,33H,6-14,17-31H2,1-5H3/p+1/b16-15-. The van der Waals surface area contributed by atoms with Gasteiger partial charge in [0.2, 0.25) is 0 Å². The summed E-state index contributed by atoms with van der Waals surface area (Å²) in [5, 5.41) is 0. The number of ether oxygens (including phenoxy) is 2. The van der Waals surface area contributed by atoms with Crippen LogP contribution in [-0.4, -0.2) is 74.9 Å². The van der Waals surface area contributed by atoms with Gasteiger partial charge in [0.1, 0.15) is 19.8 Å². The van der Waals surface area contributed by atoms with Crippen molar-refractivity contribution in [3.63, 3.8) is 0 Å². The predicted octanol–water partition coefficient (Wildman–Crippen LogP) is 8.68. The van der Waals surface area contributed by atoms with Gasteiger partial charge in [0.05, 0.1) is 27.7 Å². The second-order valence-corrected chi connectivity index (χ2v) is 14.4. The highest BCUT2D eigenvalue weighted by Crippen LogP contribution is 2.43. The van der Waals surface area contributed by atoms with Crippen LogP contribution >= 0.6 is 7.82 Å². The van der Waals surface area contributed by atoms with Gasteiger partial charge in [0.15, 0.2) is 6.10 Å². The summed E-state index contributed by atoms with van der Waals surface area (Å²) in [5.74, 6) is -0.991. The zero-order valence-corrected chi connectivity index (χ0v) is 29.8. The summed E-state index contributed by atoms with van der Waals surface area (Å²) < 4.78 is 33.0. The van der Waals surface area contributed by atoms with Crippen molar-refractivity contribution in [1.29, 1.82) is 0 Å². The molecule has 0 aromatic carbocycles. The number of nitrogens with zero attached hydrogens (tertiary/aromatic N) is 1. The first kappa shape index (κ1) is 42.8. The lowest BCUT2D eigenvalue weighted by atomic mass is 10.1. The molecule has 0 aromatic heterocycles. The summed E-state index contributed by atoms with van der Waals surface area (Å²) in [5.41, 5.74) is 0. The highest BCUT2D eigenvalue weighted by atomic mass is 31.2. The van der Waals surface area contributed by atoms with E-state index in [1.165, 1.54) is 103 Å². The van der Waals surface area contributed by atoms with Crippen molar-refractivity contribution in [3.8, 4) is 0 Å². The number of hydrogen-bond acceptors (Lipinski definition) is 7. The molecule has 1 N–H and O–H groups in total. The van der Waals surface area contributed by atoms with Crippen molar-refractivity contribution in [2.24, 2.45) is 0 Å². The van der Waals surface area contributed by atoms with Crippen molar-refractivity contribution in [1.82, 2.24) is 0 Å². The monoisotopic (exact) mass is 648 g/mol. The van der Waals surface area contributed by atoms with E-state index in [1.54, 1.807) is 0 Å². The van der Waals surface area contributed by atoms with Crippen LogP contribution in [0.25, 0.3) is 0 Å². The van der Waals surface area contributed by atoms with E-state index in [2.05, 4.69) is 19.1 Å². The van der Waals surface area contributed by atoms with Gasteiger partial charge in [0, 0.05) is 13.3 Å². The topological polar surface area (TPSA) is 108 Å². The molecule has 0 saturated heterocycles. The molecule has 0 heterocycles. The number of phosphoric acid groups is 1. The molecule has 2 atom stereocenters. The second kappa shape index (κ2) is 28.0. The van der Waals surface area contributed by atoms with Crippen LogP contribution in [0.5, 0.6) is 0 Å². The van der Waals surface area contributed by atoms with E-state index in [4.69, 9.17) is 18.5 Å². The van der Waals surface area contributed by atoms with Crippen molar-refractivity contribution in [2.75, 3.05) is 47.5 Å². The largest absolute Gasteiger partial charge is 0.472 e. The van der Waals surface area contributed by atoms with Crippen LogP contribution < -0.4 is 0 Å². The maximum Gasteiger partial charge on any atom is 0.472 e. The SMILES string of the molecule is CCCCCCCCCC/C=C\CCCCCCCCCCCC(=O)OC(COC(C)=O)COP(=O)(O)OCC[N+](C)(C)C. The van der Waals surface area contributed by atoms with Crippen LogP contribution in [-0.2, 0) is 32.7 Å². The van der Waals surface area contributed by atoms with Gasteiger partial charge in [0.25, 0.3) is 0 Å². The lowest BCUT2D eigenvalue weighted by Crippen LogP contribution is -2.37. The van der Waals surface area contributed by atoms with E-state index in [1.807, 2.05) is 21.1 Å². The Kier molecular flexibility index (Phi) is 27.2. The number of esters is 2. The number of allylic oxidation sites excluding steroid dienone is 2. The van der Waals surface area contributed by atoms with Gasteiger partial charge in [-0.3, -0.25) is 18.6 Å². The third-order valence-corrected chi connectivity index (χ3v) is 8.34. The predicted molar refractivity (Wildman–Crippen MR) is 178 cm³/mol. The van der Waals surface area contributed by atoms with E-state index in [-0.39, 0.29) is 19.6 Å². The Morgan fingerprint density at radius 3 is 1.68 bits per heavy atom. The van der Waals surface area contributed by atoms with Crippen LogP contribution in [0, 0.1) is 0 Å². The third kappa shape index (κ3) is 32.2. The lowest BCUT2D eigenvalue weighted by Gasteiger charge is -2.24. The number of carbonyl (C=O) groups excluding carboxylic acids is 2. The summed E-state index contributed by atoms with van der Waals surface area (Å²) in [4.78, 5) is 33.4. The maximum atomic E-state index is 12.3. The minimum atomic E-state index is -4.33. The van der Waals surface area contributed by atoms with Crippen molar-refractivity contribution >= 4 is 19.8 Å². The summed E-state index contributed by atoms with van der Waals surface area (Å²) in [6.07, 6.45) is 27.7. The van der Waals surface area contributed by atoms with Crippen molar-refractivity contribution < 1.29 is 42.1 Å². The molecule has 9 nitrogen and oxygen atoms in total. The van der Waals surface area contributed by atoms with Crippen LogP contribution in [0.3, 0.4) is 0 Å². The van der Waals surface area contributed by atoms with E-state index in [0.717, 1.165) is 19.3 Å². The number of carbonyl (C=O) groups is 2. The molecule has 0 spiro atoms. The van der Waals surface area contributed by atoms with Gasteiger partial charge >= 0.3 is 19.8 Å². The normalized spacial score (nSPS) is 14.0. The summed E-state index contributed by atoms with van der Waals surface area (Å²) in [6, 6.07) is 0. The summed E-state index contributed by atoms with van der Waals surface area (Å²) in [7, 11) is 1.47. The van der Waals surface area contributed by atoms with Gasteiger partial charge in [-0.15, -0.1) is 0 Å². The van der Waals surface area contributed by atoms with Crippen molar-refractivity contribution in [3.05, 3.63) is 12.2 Å². The molecule has 0 aliphatic heterocycles. The van der Waals surface area contributed by atoms with Crippen LogP contribution in [0.1, 0.15) is 142 Å². The summed E-state index contributed by atoms with van der Waals surface area (Å²) in [6.45, 7) is 3.38. The first-order chi connectivity index (χ1) is 20.9. The molecule has 10 heteroatoms. The number of phosphoric ester groups is 1. The Bertz CT molecular complexity index is 784. The van der Waals surface area contributed by atoms with Crippen LogP contribution in [0.15, 0.2) is 12.2 Å². The van der Waals surface area contributed by atoms with E-state index < -0.39 is 32.5 Å². The number of quaternary nitrogens is 1. The number of unbranched alkanes of at least 4 members (excludes halogenated alkanes) is 17. The van der Waals surface area contributed by atoms with Crippen LogP contribution in [0.4, 0.5) is 0 Å². The number of hydrogen-bond donors (Lipinski definition) is 1. The average molecular weight is 649 g/mol. The lowest BCUT2D eigenvalue weighted by molar-refractivity contribution is -0.870. The molecule has 0 aliphatic rings. The molecule has 0 fully saturated rings. The first-order valence-corrected chi connectivity index (χ1v) is 18.8. The molecule has 0 amide bonds. The molecule has 44 heavy (non-hydrogen) atoms. The second-order valence-electron chi connectivity index (χ2n) is 13.0. The molecule has 0 aliphatic carbocycles. The summed E-state index contributed by atoms with van der Waals surface area (Å²) >= 11 is 0. The Hall–Kier alpha value is -1.25. The third-order valence-electron chi connectivity index (χ3n) is 7.35. The van der Waals surface area contributed by atoms with E-state index >= 15 is 0 Å². The average Bonchev–Trinajstić information content (AvgIpc) is 2.94. The zero-order valence-electron chi connectivity index (χ0n) is 28.9. The smallest absolute Gasteiger partial charge is 0.462 e. The molecular weight excluding hydrogens is 581 g/mol. The molecule has 260 valence electrons. The number of likely N-dealkylation sites (N-methyl/N-ethyl adjacent to an activating group) is 1. The van der Waals surface area contributed by atoms with Gasteiger partial charge in [-0.25, -0.2) is 4.57 Å². The van der Waals surface area contributed by atoms with Gasteiger partial charge in [-0.1, -0.05) is 109 Å². The molecule has 0 bridgehead atoms. The first-order valence-electron chi connectivity index (χ1n) is 17.4. The van der Waals surface area contributed by atoms with E-state index in [0.29, 0.717) is 17.4 Å². The van der Waals surface area contributed by atoms with Crippen LogP contribution in [0.2, 0.25) is 0 Å². The van der Waals surface area contributed by atoms with Crippen molar-refractivity contribution in [2.45, 2.75) is 148 Å². The molecule has 0 saturated carbocycles. The van der Waals surface area contributed by atoms with Gasteiger partial charge in [-0.05, 0) is 32.1 Å². The van der Waals surface area contributed by atoms with E-state index in [9.17, 15) is 19.0 Å². The Labute approximate surface area is 269 Å². The quantitative estimate of drug-likeness (QED) is 0.0262. The molecule has 0 radical (unpaired) electrons. The van der Waals surface area contributed by atoms with Gasteiger partial charge in [-0.2, -0.15) is 0 Å². The molecule has 2 unspecified atom stereocenters. The Morgan fingerprint density at radius 1 is 0.727 bits per heavy atom. The fourth-order valence-corrected chi connectivity index (χ4v) is 5.36. The number of rotatable bonds is 31. The molecule has 0 aromatic rings. The highest BCUT2D eigenvalue weighted by Gasteiger charge is 2.26. The highest BCUT2D eigenvalue weighted by molar-refractivity contribution is 7.47. The minimum Gasteiger partial charge on any atom is -0.462 e.